The van der Waals surface area contributed by atoms with Gasteiger partial charge in [0.25, 0.3) is 0 Å². The maximum Gasteiger partial charge on any atom is 0.417 e. The molecule has 0 amide bonds. The highest BCUT2D eigenvalue weighted by molar-refractivity contribution is 6.30. The van der Waals surface area contributed by atoms with Gasteiger partial charge in [0.05, 0.1) is 5.56 Å². The number of halogens is 4. The van der Waals surface area contributed by atoms with Crippen molar-refractivity contribution in [2.24, 2.45) is 0 Å². The minimum absolute atomic E-state index is 0.0510. The summed E-state index contributed by atoms with van der Waals surface area (Å²) < 4.78 is 45.5. The van der Waals surface area contributed by atoms with E-state index in [9.17, 15) is 18.3 Å². The second-order valence-electron chi connectivity index (χ2n) is 7.12. The van der Waals surface area contributed by atoms with Crippen LogP contribution < -0.4 is 10.1 Å². The SMILES string of the molecule is OC(CNCCc1ccc(-c2ccc(Cl)cc2C(F)(F)F)cc1)COc1ccccc1. The fourth-order valence-electron chi connectivity index (χ4n) is 3.12. The summed E-state index contributed by atoms with van der Waals surface area (Å²) >= 11 is 5.75. The first kappa shape index (κ1) is 23.1. The van der Waals surface area contributed by atoms with Crippen LogP contribution in [0.5, 0.6) is 5.75 Å². The fourth-order valence-corrected chi connectivity index (χ4v) is 3.30. The van der Waals surface area contributed by atoms with Gasteiger partial charge in [0.15, 0.2) is 0 Å². The fraction of sp³-hybridized carbons (Fsp3) is 0.250. The Hall–Kier alpha value is -2.54. The first-order valence-electron chi connectivity index (χ1n) is 9.85. The lowest BCUT2D eigenvalue weighted by Crippen LogP contribution is -2.32. The van der Waals surface area contributed by atoms with E-state index in [1.807, 2.05) is 30.3 Å². The molecule has 164 valence electrons. The van der Waals surface area contributed by atoms with Gasteiger partial charge in [-0.05, 0) is 53.9 Å². The summed E-state index contributed by atoms with van der Waals surface area (Å²) in [6.07, 6.45) is -4.44. The Morgan fingerprint density at radius 2 is 1.68 bits per heavy atom. The number of nitrogens with one attached hydrogen (secondary N) is 1. The molecule has 0 fully saturated rings. The molecular formula is C24H23ClF3NO2. The molecule has 0 saturated carbocycles. The summed E-state index contributed by atoms with van der Waals surface area (Å²) in [6.45, 7) is 1.19. The van der Waals surface area contributed by atoms with Crippen molar-refractivity contribution in [3.8, 4) is 16.9 Å². The van der Waals surface area contributed by atoms with Crippen LogP contribution in [0.1, 0.15) is 11.1 Å². The molecule has 0 radical (unpaired) electrons. The lowest BCUT2D eigenvalue weighted by molar-refractivity contribution is -0.137. The Morgan fingerprint density at radius 1 is 0.968 bits per heavy atom. The van der Waals surface area contributed by atoms with Crippen molar-refractivity contribution in [2.75, 3.05) is 19.7 Å². The molecule has 0 spiro atoms. The highest BCUT2D eigenvalue weighted by Gasteiger charge is 2.33. The van der Waals surface area contributed by atoms with Crippen LogP contribution in [0.25, 0.3) is 11.1 Å². The Bertz CT molecular complexity index is 963. The molecule has 2 N–H and O–H groups in total. The average molecular weight is 450 g/mol. The van der Waals surface area contributed by atoms with E-state index in [-0.39, 0.29) is 17.2 Å². The van der Waals surface area contributed by atoms with Gasteiger partial charge in [0, 0.05) is 11.6 Å². The summed E-state index contributed by atoms with van der Waals surface area (Å²) in [7, 11) is 0. The number of hydrogen-bond donors (Lipinski definition) is 2. The number of para-hydroxylation sites is 1. The largest absolute Gasteiger partial charge is 0.491 e. The second-order valence-corrected chi connectivity index (χ2v) is 7.55. The number of benzene rings is 3. The Labute approximate surface area is 184 Å². The van der Waals surface area contributed by atoms with Crippen LogP contribution in [-0.2, 0) is 12.6 Å². The number of aliphatic hydroxyl groups excluding tert-OH is 1. The number of hydrogen-bond acceptors (Lipinski definition) is 3. The van der Waals surface area contributed by atoms with Crippen LogP contribution in [0.3, 0.4) is 0 Å². The van der Waals surface area contributed by atoms with Crippen LogP contribution >= 0.6 is 11.6 Å². The summed E-state index contributed by atoms with van der Waals surface area (Å²) in [5, 5.41) is 13.2. The van der Waals surface area contributed by atoms with Gasteiger partial charge in [-0.3, -0.25) is 0 Å². The molecule has 3 aromatic rings. The summed E-state index contributed by atoms with van der Waals surface area (Å²) in [5.74, 6) is 0.705. The smallest absolute Gasteiger partial charge is 0.417 e. The molecule has 7 heteroatoms. The molecule has 0 saturated heterocycles. The maximum atomic E-state index is 13.3. The topological polar surface area (TPSA) is 41.5 Å². The van der Waals surface area contributed by atoms with E-state index in [2.05, 4.69) is 5.32 Å². The Kier molecular flexibility index (Phi) is 7.96. The van der Waals surface area contributed by atoms with E-state index in [1.165, 1.54) is 12.1 Å². The summed E-state index contributed by atoms with van der Waals surface area (Å²) in [6, 6.07) is 20.0. The first-order valence-corrected chi connectivity index (χ1v) is 10.2. The Balaban J connectivity index is 1.48. The normalized spacial score (nSPS) is 12.5. The van der Waals surface area contributed by atoms with Gasteiger partial charge in [-0.15, -0.1) is 0 Å². The first-order chi connectivity index (χ1) is 14.8. The van der Waals surface area contributed by atoms with E-state index in [4.69, 9.17) is 16.3 Å². The maximum absolute atomic E-state index is 13.3. The van der Waals surface area contributed by atoms with E-state index in [1.54, 1.807) is 24.3 Å². The lowest BCUT2D eigenvalue weighted by Gasteiger charge is -2.14. The standard InChI is InChI=1S/C24H23ClF3NO2/c25-19-10-11-22(23(14-19)24(26,27)28)18-8-6-17(7-9-18)12-13-29-15-20(30)16-31-21-4-2-1-3-5-21/h1-11,14,20,29-30H,12-13,15-16H2. The van der Waals surface area contributed by atoms with E-state index in [0.717, 1.165) is 11.6 Å². The molecular weight excluding hydrogens is 427 g/mol. The van der Waals surface area contributed by atoms with Gasteiger partial charge in [0.1, 0.15) is 18.5 Å². The lowest BCUT2D eigenvalue weighted by atomic mass is 9.98. The molecule has 0 heterocycles. The van der Waals surface area contributed by atoms with Gasteiger partial charge in [0.2, 0.25) is 0 Å². The number of rotatable bonds is 9. The Morgan fingerprint density at radius 3 is 2.35 bits per heavy atom. The number of ether oxygens (including phenoxy) is 1. The van der Waals surface area contributed by atoms with E-state index < -0.39 is 17.8 Å². The average Bonchev–Trinajstić information content (AvgIpc) is 2.76. The van der Waals surface area contributed by atoms with Crippen molar-refractivity contribution in [3.63, 3.8) is 0 Å². The minimum atomic E-state index is -4.48. The van der Waals surface area contributed by atoms with Crippen LogP contribution in [0.2, 0.25) is 5.02 Å². The molecule has 3 aromatic carbocycles. The van der Waals surface area contributed by atoms with Crippen LogP contribution in [-0.4, -0.2) is 30.9 Å². The van der Waals surface area contributed by atoms with Crippen molar-refractivity contribution in [3.05, 3.63) is 88.9 Å². The molecule has 0 bridgehead atoms. The molecule has 0 aliphatic rings. The van der Waals surface area contributed by atoms with E-state index >= 15 is 0 Å². The van der Waals surface area contributed by atoms with Gasteiger partial charge >= 0.3 is 6.18 Å². The van der Waals surface area contributed by atoms with Crippen molar-refractivity contribution in [1.82, 2.24) is 5.32 Å². The zero-order valence-electron chi connectivity index (χ0n) is 16.7. The van der Waals surface area contributed by atoms with E-state index in [0.29, 0.717) is 30.8 Å². The number of alkyl halides is 3. The third-order valence-corrected chi connectivity index (χ3v) is 4.94. The molecule has 0 aliphatic heterocycles. The highest BCUT2D eigenvalue weighted by atomic mass is 35.5. The monoisotopic (exact) mass is 449 g/mol. The molecule has 3 nitrogen and oxygen atoms in total. The second kappa shape index (κ2) is 10.7. The molecule has 1 unspecified atom stereocenters. The quantitative estimate of drug-likeness (QED) is 0.418. The van der Waals surface area contributed by atoms with Gasteiger partial charge in [-0.25, -0.2) is 0 Å². The van der Waals surface area contributed by atoms with Crippen LogP contribution in [0.4, 0.5) is 13.2 Å². The summed E-state index contributed by atoms with van der Waals surface area (Å²) in [4.78, 5) is 0. The molecule has 0 aromatic heterocycles. The third-order valence-electron chi connectivity index (χ3n) is 4.71. The van der Waals surface area contributed by atoms with Crippen LogP contribution in [0.15, 0.2) is 72.8 Å². The van der Waals surface area contributed by atoms with Crippen molar-refractivity contribution in [2.45, 2.75) is 18.7 Å². The van der Waals surface area contributed by atoms with Gasteiger partial charge in [-0.1, -0.05) is 60.1 Å². The number of aliphatic hydroxyl groups is 1. The van der Waals surface area contributed by atoms with Gasteiger partial charge < -0.3 is 15.2 Å². The molecule has 0 aliphatic carbocycles. The summed E-state index contributed by atoms with van der Waals surface area (Å²) in [5.41, 5.74) is 0.812. The highest BCUT2D eigenvalue weighted by Crippen LogP contribution is 2.38. The minimum Gasteiger partial charge on any atom is -0.491 e. The third kappa shape index (κ3) is 6.99. The predicted molar refractivity (Wildman–Crippen MR) is 116 cm³/mol. The zero-order valence-corrected chi connectivity index (χ0v) is 17.5. The van der Waals surface area contributed by atoms with Crippen molar-refractivity contribution < 1.29 is 23.0 Å². The molecule has 3 rings (SSSR count). The molecule has 31 heavy (non-hydrogen) atoms. The van der Waals surface area contributed by atoms with Gasteiger partial charge in [-0.2, -0.15) is 13.2 Å². The zero-order chi connectivity index (χ0) is 22.3. The molecule has 1 atom stereocenters. The van der Waals surface area contributed by atoms with Crippen LogP contribution in [0, 0.1) is 0 Å². The predicted octanol–water partition coefficient (Wildman–Crippen LogP) is 5.60. The van der Waals surface area contributed by atoms with Crippen molar-refractivity contribution >= 4 is 11.6 Å². The van der Waals surface area contributed by atoms with Crippen molar-refractivity contribution in [1.29, 1.82) is 0 Å².